The summed E-state index contributed by atoms with van der Waals surface area (Å²) in [5.41, 5.74) is 4.48. The first-order chi connectivity index (χ1) is 12.0. The van der Waals surface area contributed by atoms with E-state index in [1.54, 1.807) is 6.07 Å². The Kier molecular flexibility index (Phi) is 5.50. The van der Waals surface area contributed by atoms with Gasteiger partial charge in [0.25, 0.3) is 0 Å². The molecule has 1 heterocycles. The van der Waals surface area contributed by atoms with Crippen LogP contribution in [0.1, 0.15) is 43.5 Å². The maximum Gasteiger partial charge on any atom is 0.120 e. The fourth-order valence-electron chi connectivity index (χ4n) is 3.08. The second-order valence-corrected chi connectivity index (χ2v) is 7.76. The first-order valence-electron chi connectivity index (χ1n) is 8.80. The number of halogens is 1. The van der Waals surface area contributed by atoms with E-state index in [2.05, 4.69) is 77.7 Å². The van der Waals surface area contributed by atoms with Crippen molar-refractivity contribution in [3.05, 3.63) is 69.7 Å². The van der Waals surface area contributed by atoms with E-state index in [1.807, 2.05) is 12.1 Å². The standard InChI is InChI=1S/C21H25BrN2O/c1-4-14-5-7-15(8-6-14)18-12-19(24-21(23-18)13(2)3)17-11-16(22)9-10-20(17)25/h5-13,19,21,23-25H,4H2,1-3H3. The third kappa shape index (κ3) is 4.07. The maximum absolute atomic E-state index is 10.3. The lowest BCUT2D eigenvalue weighted by atomic mass is 9.96. The predicted molar refractivity (Wildman–Crippen MR) is 107 cm³/mol. The molecule has 3 N–H and O–H groups in total. The molecule has 0 amide bonds. The number of hydrogen-bond acceptors (Lipinski definition) is 3. The zero-order valence-electron chi connectivity index (χ0n) is 14.9. The van der Waals surface area contributed by atoms with Gasteiger partial charge >= 0.3 is 0 Å². The van der Waals surface area contributed by atoms with Crippen molar-refractivity contribution >= 4 is 21.6 Å². The van der Waals surface area contributed by atoms with E-state index in [0.717, 1.165) is 22.2 Å². The summed E-state index contributed by atoms with van der Waals surface area (Å²) < 4.78 is 0.962. The normalized spacial score (nSPS) is 20.3. The van der Waals surface area contributed by atoms with Crippen LogP contribution in [-0.2, 0) is 6.42 Å². The van der Waals surface area contributed by atoms with E-state index in [0.29, 0.717) is 11.7 Å². The van der Waals surface area contributed by atoms with Crippen molar-refractivity contribution in [3.63, 3.8) is 0 Å². The van der Waals surface area contributed by atoms with Gasteiger partial charge < -0.3 is 10.4 Å². The minimum absolute atomic E-state index is 0.0491. The molecule has 1 aliphatic rings. The van der Waals surface area contributed by atoms with E-state index < -0.39 is 0 Å². The second-order valence-electron chi connectivity index (χ2n) is 6.84. The lowest BCUT2D eigenvalue weighted by molar-refractivity contribution is 0.335. The molecule has 0 bridgehead atoms. The summed E-state index contributed by atoms with van der Waals surface area (Å²) in [7, 11) is 0. The molecular formula is C21H25BrN2O. The number of phenolic OH excluding ortho intramolecular Hbond substituents is 1. The molecule has 4 heteroatoms. The molecule has 0 radical (unpaired) electrons. The van der Waals surface area contributed by atoms with Gasteiger partial charge in [0.2, 0.25) is 0 Å². The van der Waals surface area contributed by atoms with E-state index in [9.17, 15) is 5.11 Å². The van der Waals surface area contributed by atoms with Crippen LogP contribution < -0.4 is 10.6 Å². The van der Waals surface area contributed by atoms with Crippen molar-refractivity contribution in [1.82, 2.24) is 10.6 Å². The molecule has 2 unspecified atom stereocenters. The van der Waals surface area contributed by atoms with Gasteiger partial charge in [0.05, 0.1) is 12.2 Å². The molecule has 0 saturated carbocycles. The molecule has 2 aromatic carbocycles. The Bertz CT molecular complexity index is 768. The van der Waals surface area contributed by atoms with Gasteiger partial charge in [-0.15, -0.1) is 0 Å². The van der Waals surface area contributed by atoms with Crippen molar-refractivity contribution in [1.29, 1.82) is 0 Å². The average Bonchev–Trinajstić information content (AvgIpc) is 2.63. The van der Waals surface area contributed by atoms with E-state index in [4.69, 9.17) is 0 Å². The van der Waals surface area contributed by atoms with Crippen LogP contribution in [0.4, 0.5) is 0 Å². The van der Waals surface area contributed by atoms with Crippen LogP contribution >= 0.6 is 15.9 Å². The second kappa shape index (κ2) is 7.63. The lowest BCUT2D eigenvalue weighted by Gasteiger charge is -2.35. The van der Waals surface area contributed by atoms with E-state index in [-0.39, 0.29) is 12.2 Å². The number of hydrogen-bond donors (Lipinski definition) is 3. The smallest absolute Gasteiger partial charge is 0.120 e. The van der Waals surface area contributed by atoms with Crippen LogP contribution in [0.15, 0.2) is 53.0 Å². The van der Waals surface area contributed by atoms with Crippen molar-refractivity contribution < 1.29 is 5.11 Å². The van der Waals surface area contributed by atoms with Crippen LogP contribution in [0.5, 0.6) is 5.75 Å². The minimum Gasteiger partial charge on any atom is -0.508 e. The van der Waals surface area contributed by atoms with Crippen LogP contribution in [0.2, 0.25) is 0 Å². The van der Waals surface area contributed by atoms with Crippen molar-refractivity contribution in [2.45, 2.75) is 39.4 Å². The van der Waals surface area contributed by atoms with Crippen LogP contribution in [-0.4, -0.2) is 11.3 Å². The zero-order chi connectivity index (χ0) is 18.0. The first-order valence-corrected chi connectivity index (χ1v) is 9.59. The van der Waals surface area contributed by atoms with Gasteiger partial charge in [0.1, 0.15) is 5.75 Å². The Morgan fingerprint density at radius 3 is 2.48 bits per heavy atom. The largest absolute Gasteiger partial charge is 0.508 e. The van der Waals surface area contributed by atoms with Gasteiger partial charge in [0, 0.05) is 15.7 Å². The first kappa shape index (κ1) is 18.0. The molecule has 0 saturated heterocycles. The summed E-state index contributed by atoms with van der Waals surface area (Å²) in [6.07, 6.45) is 3.33. The fraction of sp³-hybridized carbons (Fsp3) is 0.333. The van der Waals surface area contributed by atoms with Crippen molar-refractivity contribution in [3.8, 4) is 5.75 Å². The van der Waals surface area contributed by atoms with Gasteiger partial charge in [-0.05, 0) is 47.7 Å². The minimum atomic E-state index is -0.0491. The third-order valence-electron chi connectivity index (χ3n) is 4.67. The monoisotopic (exact) mass is 400 g/mol. The van der Waals surface area contributed by atoms with Gasteiger partial charge in [-0.25, -0.2) is 0 Å². The number of aromatic hydroxyl groups is 1. The number of phenols is 1. The van der Waals surface area contributed by atoms with Gasteiger partial charge in [-0.3, -0.25) is 5.32 Å². The van der Waals surface area contributed by atoms with Gasteiger partial charge in [-0.2, -0.15) is 0 Å². The molecule has 3 rings (SSSR count). The molecule has 2 atom stereocenters. The van der Waals surface area contributed by atoms with Crippen molar-refractivity contribution in [2.24, 2.45) is 5.92 Å². The number of nitrogens with one attached hydrogen (secondary N) is 2. The molecule has 0 aliphatic carbocycles. The average molecular weight is 401 g/mol. The quantitative estimate of drug-likeness (QED) is 0.678. The SMILES string of the molecule is CCc1ccc(C2=CC(c3cc(Br)ccc3O)NC(C(C)C)N2)cc1. The highest BCUT2D eigenvalue weighted by Crippen LogP contribution is 2.33. The summed E-state index contributed by atoms with van der Waals surface area (Å²) in [5, 5.41) is 17.5. The molecule has 0 spiro atoms. The summed E-state index contributed by atoms with van der Waals surface area (Å²) in [4.78, 5) is 0. The fourth-order valence-corrected chi connectivity index (χ4v) is 3.46. The molecule has 2 aromatic rings. The third-order valence-corrected chi connectivity index (χ3v) is 5.16. The Balaban J connectivity index is 2.00. The Hall–Kier alpha value is -1.78. The molecule has 0 fully saturated rings. The summed E-state index contributed by atoms with van der Waals surface area (Å²) in [5.74, 6) is 0.720. The van der Waals surface area contributed by atoms with Gasteiger partial charge in [0.15, 0.2) is 0 Å². The van der Waals surface area contributed by atoms with E-state index >= 15 is 0 Å². The van der Waals surface area contributed by atoms with Crippen LogP contribution in [0.3, 0.4) is 0 Å². The summed E-state index contributed by atoms with van der Waals surface area (Å²) in [6.45, 7) is 6.54. The number of benzene rings is 2. The molecule has 132 valence electrons. The van der Waals surface area contributed by atoms with E-state index in [1.165, 1.54) is 11.1 Å². The maximum atomic E-state index is 10.3. The summed E-state index contributed by atoms with van der Waals surface area (Å²) in [6, 6.07) is 14.2. The molecule has 0 aromatic heterocycles. The number of rotatable bonds is 4. The van der Waals surface area contributed by atoms with Gasteiger partial charge in [-0.1, -0.05) is 61.0 Å². The highest BCUT2D eigenvalue weighted by atomic mass is 79.9. The topological polar surface area (TPSA) is 44.3 Å². The molecule has 3 nitrogen and oxygen atoms in total. The Morgan fingerprint density at radius 2 is 1.84 bits per heavy atom. The highest BCUT2D eigenvalue weighted by Gasteiger charge is 2.26. The van der Waals surface area contributed by atoms with Crippen molar-refractivity contribution in [2.75, 3.05) is 0 Å². The lowest BCUT2D eigenvalue weighted by Crippen LogP contribution is -2.49. The molecular weight excluding hydrogens is 376 g/mol. The number of aryl methyl sites for hydroxylation is 1. The highest BCUT2D eigenvalue weighted by molar-refractivity contribution is 9.10. The Morgan fingerprint density at radius 1 is 1.12 bits per heavy atom. The predicted octanol–water partition coefficient (Wildman–Crippen LogP) is 4.97. The van der Waals surface area contributed by atoms with Crippen LogP contribution in [0, 0.1) is 5.92 Å². The molecule has 1 aliphatic heterocycles. The van der Waals surface area contributed by atoms with Crippen LogP contribution in [0.25, 0.3) is 5.70 Å². The summed E-state index contributed by atoms with van der Waals surface area (Å²) >= 11 is 3.51. The molecule has 25 heavy (non-hydrogen) atoms. The zero-order valence-corrected chi connectivity index (χ0v) is 16.5. The Labute approximate surface area is 158 Å².